The molecule has 0 radical (unpaired) electrons. The summed E-state index contributed by atoms with van der Waals surface area (Å²) in [6, 6.07) is 14.3. The van der Waals surface area contributed by atoms with Crippen LogP contribution in [0.1, 0.15) is 23.1 Å². The Kier molecular flexibility index (Phi) is 6.73. The fraction of sp³-hybridized carbons (Fsp3) is 0.316. The van der Waals surface area contributed by atoms with Crippen LogP contribution in [0.5, 0.6) is 0 Å². The van der Waals surface area contributed by atoms with E-state index in [-0.39, 0.29) is 16.6 Å². The lowest BCUT2D eigenvalue weighted by atomic mass is 10.0. The molecule has 0 aliphatic heterocycles. The first-order chi connectivity index (χ1) is 11.9. The molecule has 0 saturated carbocycles. The van der Waals surface area contributed by atoms with Crippen molar-refractivity contribution in [3.05, 3.63) is 65.2 Å². The first kappa shape index (κ1) is 19.1. The fourth-order valence-electron chi connectivity index (χ4n) is 2.48. The molecule has 0 aliphatic rings. The summed E-state index contributed by atoms with van der Waals surface area (Å²) in [6.07, 6.45) is 1.10. The number of hydrogen-bond donors (Lipinski definition) is 2. The lowest BCUT2D eigenvalue weighted by Crippen LogP contribution is -2.23. The van der Waals surface area contributed by atoms with Crippen molar-refractivity contribution >= 4 is 15.7 Å². The van der Waals surface area contributed by atoms with E-state index in [1.54, 1.807) is 12.1 Å². The van der Waals surface area contributed by atoms with Gasteiger partial charge in [0.1, 0.15) is 0 Å². The summed E-state index contributed by atoms with van der Waals surface area (Å²) in [5.41, 5.74) is 3.17. The highest BCUT2D eigenvalue weighted by Crippen LogP contribution is 2.13. The highest BCUT2D eigenvalue weighted by atomic mass is 32.2. The number of carbonyl (C=O) groups excluding carboxylic acids is 1. The topological polar surface area (TPSA) is 83.5 Å². The second kappa shape index (κ2) is 8.78. The van der Waals surface area contributed by atoms with Crippen molar-refractivity contribution in [2.45, 2.75) is 31.2 Å². The number of amides is 1. The molecule has 5 nitrogen and oxygen atoms in total. The van der Waals surface area contributed by atoms with E-state index in [1.165, 1.54) is 17.7 Å². The Morgan fingerprint density at radius 3 is 2.40 bits per heavy atom. The number of aliphatic hydroxyl groups excluding tert-OH is 1. The highest BCUT2D eigenvalue weighted by Gasteiger charge is 2.13. The number of hydrogen-bond acceptors (Lipinski definition) is 4. The van der Waals surface area contributed by atoms with Crippen molar-refractivity contribution in [1.82, 2.24) is 5.32 Å². The predicted molar refractivity (Wildman–Crippen MR) is 96.9 cm³/mol. The van der Waals surface area contributed by atoms with Gasteiger partial charge in [0.25, 0.3) is 0 Å². The van der Waals surface area contributed by atoms with Crippen molar-refractivity contribution in [3.8, 4) is 0 Å². The number of benzene rings is 2. The molecule has 6 heteroatoms. The zero-order valence-electron chi connectivity index (χ0n) is 14.2. The van der Waals surface area contributed by atoms with Crippen molar-refractivity contribution in [2.75, 3.05) is 12.4 Å². The summed E-state index contributed by atoms with van der Waals surface area (Å²) in [5.74, 6) is -0.331. The molecule has 0 unspecified atom stereocenters. The van der Waals surface area contributed by atoms with Gasteiger partial charge in [0, 0.05) is 13.0 Å². The molecule has 2 N–H and O–H groups in total. The van der Waals surface area contributed by atoms with Crippen LogP contribution in [0.25, 0.3) is 0 Å². The summed E-state index contributed by atoms with van der Waals surface area (Å²) in [7, 11) is -3.44. The molecular weight excluding hydrogens is 338 g/mol. The maximum Gasteiger partial charge on any atom is 0.220 e. The van der Waals surface area contributed by atoms with E-state index >= 15 is 0 Å². The van der Waals surface area contributed by atoms with E-state index in [1.807, 2.05) is 31.2 Å². The van der Waals surface area contributed by atoms with Crippen LogP contribution in [0.15, 0.2) is 53.4 Å². The standard InChI is InChI=1S/C19H23NO4S/c1-15-4-2-3-5-17(15)8-11-19(22)20-14-16-6-9-18(10-7-16)25(23,24)13-12-21/h2-7,9-10,21H,8,11-14H2,1H3,(H,20,22). The quantitative estimate of drug-likeness (QED) is 0.753. The van der Waals surface area contributed by atoms with Crippen LogP contribution >= 0.6 is 0 Å². The third-order valence-corrected chi connectivity index (χ3v) is 5.73. The normalized spacial score (nSPS) is 11.3. The molecule has 0 aliphatic carbocycles. The van der Waals surface area contributed by atoms with Gasteiger partial charge in [0.05, 0.1) is 17.3 Å². The summed E-state index contributed by atoms with van der Waals surface area (Å²) < 4.78 is 23.7. The molecule has 2 rings (SSSR count). The Morgan fingerprint density at radius 1 is 1.08 bits per heavy atom. The van der Waals surface area contributed by atoms with Gasteiger partial charge in [-0.15, -0.1) is 0 Å². The Bertz CT molecular complexity index is 814. The van der Waals surface area contributed by atoms with Crippen LogP contribution in [-0.4, -0.2) is 31.8 Å². The van der Waals surface area contributed by atoms with Crippen molar-refractivity contribution < 1.29 is 18.3 Å². The minimum atomic E-state index is -3.44. The van der Waals surface area contributed by atoms with Gasteiger partial charge in [-0.3, -0.25) is 4.79 Å². The van der Waals surface area contributed by atoms with Crippen LogP contribution in [0.4, 0.5) is 0 Å². The van der Waals surface area contributed by atoms with Gasteiger partial charge in [-0.25, -0.2) is 8.42 Å². The van der Waals surface area contributed by atoms with Gasteiger partial charge in [0.2, 0.25) is 5.91 Å². The molecule has 0 atom stereocenters. The minimum absolute atomic E-state index is 0.0415. The van der Waals surface area contributed by atoms with Crippen LogP contribution in [0, 0.1) is 6.92 Å². The van der Waals surface area contributed by atoms with E-state index in [2.05, 4.69) is 5.32 Å². The van der Waals surface area contributed by atoms with Gasteiger partial charge < -0.3 is 10.4 Å². The van der Waals surface area contributed by atoms with E-state index < -0.39 is 16.4 Å². The molecule has 2 aromatic carbocycles. The third-order valence-electron chi connectivity index (χ3n) is 4.01. The molecule has 0 aromatic heterocycles. The molecule has 2 aromatic rings. The highest BCUT2D eigenvalue weighted by molar-refractivity contribution is 7.91. The molecule has 0 saturated heterocycles. The number of aryl methyl sites for hydroxylation is 2. The lowest BCUT2D eigenvalue weighted by molar-refractivity contribution is -0.121. The maximum atomic E-state index is 12.0. The fourth-order valence-corrected chi connectivity index (χ4v) is 3.51. The molecule has 134 valence electrons. The van der Waals surface area contributed by atoms with Gasteiger partial charge in [-0.05, 0) is 42.2 Å². The minimum Gasteiger partial charge on any atom is -0.395 e. The second-order valence-electron chi connectivity index (χ2n) is 5.89. The van der Waals surface area contributed by atoms with Crippen LogP contribution in [-0.2, 0) is 27.6 Å². The lowest BCUT2D eigenvalue weighted by Gasteiger charge is -2.08. The predicted octanol–water partition coefficient (Wildman–Crippen LogP) is 2.01. The monoisotopic (exact) mass is 361 g/mol. The van der Waals surface area contributed by atoms with E-state index in [0.29, 0.717) is 19.4 Å². The molecule has 0 spiro atoms. The molecular formula is C19H23NO4S. The van der Waals surface area contributed by atoms with Crippen molar-refractivity contribution in [3.63, 3.8) is 0 Å². The zero-order valence-corrected chi connectivity index (χ0v) is 15.1. The number of sulfone groups is 1. The average molecular weight is 361 g/mol. The number of carbonyl (C=O) groups is 1. The SMILES string of the molecule is Cc1ccccc1CCC(=O)NCc1ccc(S(=O)(=O)CCO)cc1. The Labute approximate surface area is 148 Å². The maximum absolute atomic E-state index is 12.0. The van der Waals surface area contributed by atoms with Crippen LogP contribution in [0.3, 0.4) is 0 Å². The molecule has 0 bridgehead atoms. The van der Waals surface area contributed by atoms with Crippen LogP contribution in [0.2, 0.25) is 0 Å². The second-order valence-corrected chi connectivity index (χ2v) is 8.00. The largest absolute Gasteiger partial charge is 0.395 e. The van der Waals surface area contributed by atoms with Gasteiger partial charge >= 0.3 is 0 Å². The van der Waals surface area contributed by atoms with E-state index in [9.17, 15) is 13.2 Å². The van der Waals surface area contributed by atoms with Gasteiger partial charge in [-0.2, -0.15) is 0 Å². The van der Waals surface area contributed by atoms with Crippen molar-refractivity contribution in [2.24, 2.45) is 0 Å². The number of nitrogens with one attached hydrogen (secondary N) is 1. The number of aliphatic hydroxyl groups is 1. The third kappa shape index (κ3) is 5.69. The molecule has 0 heterocycles. The molecule has 0 fully saturated rings. The molecule has 25 heavy (non-hydrogen) atoms. The summed E-state index contributed by atoms with van der Waals surface area (Å²) >= 11 is 0. The van der Waals surface area contributed by atoms with E-state index in [0.717, 1.165) is 11.1 Å². The zero-order chi connectivity index (χ0) is 18.3. The summed E-state index contributed by atoms with van der Waals surface area (Å²) in [6.45, 7) is 1.98. The Morgan fingerprint density at radius 2 is 1.76 bits per heavy atom. The number of rotatable bonds is 8. The summed E-state index contributed by atoms with van der Waals surface area (Å²) in [5, 5.41) is 11.6. The Hall–Kier alpha value is -2.18. The first-order valence-corrected chi connectivity index (χ1v) is 9.81. The van der Waals surface area contributed by atoms with Crippen molar-refractivity contribution in [1.29, 1.82) is 0 Å². The smallest absolute Gasteiger partial charge is 0.220 e. The average Bonchev–Trinajstić information content (AvgIpc) is 2.59. The molecule has 1 amide bonds. The van der Waals surface area contributed by atoms with Gasteiger partial charge in [-0.1, -0.05) is 36.4 Å². The van der Waals surface area contributed by atoms with Gasteiger partial charge in [0.15, 0.2) is 9.84 Å². The van der Waals surface area contributed by atoms with Crippen LogP contribution < -0.4 is 5.32 Å². The Balaban J connectivity index is 1.85. The van der Waals surface area contributed by atoms with E-state index in [4.69, 9.17) is 5.11 Å². The first-order valence-electron chi connectivity index (χ1n) is 8.16. The summed E-state index contributed by atoms with van der Waals surface area (Å²) in [4.78, 5) is 12.2.